The number of Topliss-reactive ketones (excluding diaryl/α,β-unsaturated/α-hetero) is 1. The van der Waals surface area contributed by atoms with Crippen molar-refractivity contribution in [3.05, 3.63) is 65.2 Å². The zero-order valence-electron chi connectivity index (χ0n) is 15.0. The lowest BCUT2D eigenvalue weighted by Gasteiger charge is -2.15. The molecule has 1 aliphatic rings. The number of aryl methyl sites for hydroxylation is 1. The Labute approximate surface area is 152 Å². The number of ketones is 1. The third-order valence-corrected chi connectivity index (χ3v) is 4.74. The Morgan fingerprint density at radius 2 is 1.54 bits per heavy atom. The van der Waals surface area contributed by atoms with Crippen LogP contribution < -0.4 is 10.6 Å². The van der Waals surface area contributed by atoms with E-state index in [0.29, 0.717) is 30.6 Å². The van der Waals surface area contributed by atoms with Crippen molar-refractivity contribution in [1.29, 1.82) is 0 Å². The summed E-state index contributed by atoms with van der Waals surface area (Å²) in [6.07, 6.45) is 1.09. The van der Waals surface area contributed by atoms with Crippen molar-refractivity contribution >= 4 is 23.3 Å². The van der Waals surface area contributed by atoms with Crippen molar-refractivity contribution in [2.24, 2.45) is 5.41 Å². The minimum atomic E-state index is -0.982. The molecule has 0 aromatic heterocycles. The molecule has 3 rings (SSSR count). The maximum absolute atomic E-state index is 12.6. The number of nitrogens with one attached hydrogen (secondary N) is 2. The summed E-state index contributed by atoms with van der Waals surface area (Å²) in [5, 5.41) is 5.65. The van der Waals surface area contributed by atoms with Crippen LogP contribution in [-0.4, -0.2) is 17.6 Å². The first-order valence-corrected chi connectivity index (χ1v) is 8.67. The SMILES string of the molecule is CC(=O)c1ccc(NC(=O)C2(C(=O)NCc3ccc(C)cc3)CC2)cc1. The second kappa shape index (κ2) is 7.12. The predicted molar refractivity (Wildman–Crippen MR) is 99.8 cm³/mol. The second-order valence-corrected chi connectivity index (χ2v) is 6.84. The highest BCUT2D eigenvalue weighted by Gasteiger charge is 2.56. The summed E-state index contributed by atoms with van der Waals surface area (Å²) in [6.45, 7) is 3.90. The Hall–Kier alpha value is -2.95. The van der Waals surface area contributed by atoms with Crippen molar-refractivity contribution in [2.75, 3.05) is 5.32 Å². The van der Waals surface area contributed by atoms with Gasteiger partial charge in [0.05, 0.1) is 0 Å². The van der Waals surface area contributed by atoms with Crippen LogP contribution in [0.5, 0.6) is 0 Å². The van der Waals surface area contributed by atoms with Crippen molar-refractivity contribution in [3.8, 4) is 0 Å². The number of hydrogen-bond acceptors (Lipinski definition) is 3. The third-order valence-electron chi connectivity index (χ3n) is 4.74. The van der Waals surface area contributed by atoms with E-state index in [1.54, 1.807) is 24.3 Å². The lowest BCUT2D eigenvalue weighted by molar-refractivity contribution is -0.134. The molecule has 0 saturated heterocycles. The molecule has 134 valence electrons. The highest BCUT2D eigenvalue weighted by atomic mass is 16.2. The summed E-state index contributed by atoms with van der Waals surface area (Å²) in [5.74, 6) is -0.567. The van der Waals surface area contributed by atoms with Gasteiger partial charge in [-0.2, -0.15) is 0 Å². The Morgan fingerprint density at radius 1 is 0.923 bits per heavy atom. The first-order chi connectivity index (χ1) is 12.4. The molecule has 0 atom stereocenters. The van der Waals surface area contributed by atoms with Gasteiger partial charge in [-0.05, 0) is 56.5 Å². The number of rotatable bonds is 6. The number of benzene rings is 2. The van der Waals surface area contributed by atoms with Gasteiger partial charge >= 0.3 is 0 Å². The normalized spacial score (nSPS) is 14.4. The molecule has 2 N–H and O–H groups in total. The fraction of sp³-hybridized carbons (Fsp3) is 0.286. The minimum Gasteiger partial charge on any atom is -0.351 e. The Bertz CT molecular complexity index is 835. The summed E-state index contributed by atoms with van der Waals surface area (Å²) in [7, 11) is 0. The van der Waals surface area contributed by atoms with E-state index in [2.05, 4.69) is 10.6 Å². The van der Waals surface area contributed by atoms with Gasteiger partial charge in [0.25, 0.3) is 0 Å². The highest BCUT2D eigenvalue weighted by Crippen LogP contribution is 2.46. The zero-order chi connectivity index (χ0) is 18.7. The molecule has 1 aliphatic carbocycles. The van der Waals surface area contributed by atoms with Gasteiger partial charge in [0.2, 0.25) is 11.8 Å². The molecule has 0 aliphatic heterocycles. The number of hydrogen-bond donors (Lipinski definition) is 2. The van der Waals surface area contributed by atoms with Crippen molar-refractivity contribution in [2.45, 2.75) is 33.2 Å². The molecule has 2 aromatic rings. The van der Waals surface area contributed by atoms with Crippen molar-refractivity contribution < 1.29 is 14.4 Å². The van der Waals surface area contributed by atoms with Gasteiger partial charge in [0, 0.05) is 17.8 Å². The van der Waals surface area contributed by atoms with Gasteiger partial charge in [-0.15, -0.1) is 0 Å². The van der Waals surface area contributed by atoms with E-state index in [9.17, 15) is 14.4 Å². The Morgan fingerprint density at radius 3 is 2.08 bits per heavy atom. The smallest absolute Gasteiger partial charge is 0.240 e. The molecule has 0 bridgehead atoms. The van der Waals surface area contributed by atoms with Crippen LogP contribution in [0.1, 0.15) is 41.3 Å². The number of amides is 2. The summed E-state index contributed by atoms with van der Waals surface area (Å²) in [4.78, 5) is 36.4. The van der Waals surface area contributed by atoms with E-state index in [4.69, 9.17) is 0 Å². The van der Waals surface area contributed by atoms with Gasteiger partial charge < -0.3 is 10.6 Å². The number of anilines is 1. The second-order valence-electron chi connectivity index (χ2n) is 6.84. The molecule has 26 heavy (non-hydrogen) atoms. The lowest BCUT2D eigenvalue weighted by atomic mass is 10.0. The van der Waals surface area contributed by atoms with Crippen LogP contribution in [0, 0.1) is 12.3 Å². The van der Waals surface area contributed by atoms with Crippen LogP contribution >= 0.6 is 0 Å². The topological polar surface area (TPSA) is 75.3 Å². The molecule has 5 nitrogen and oxygen atoms in total. The molecule has 1 fully saturated rings. The van der Waals surface area contributed by atoms with Crippen LogP contribution in [0.3, 0.4) is 0 Å². The van der Waals surface area contributed by atoms with Gasteiger partial charge in [0.1, 0.15) is 5.41 Å². The monoisotopic (exact) mass is 350 g/mol. The van der Waals surface area contributed by atoms with E-state index in [1.807, 2.05) is 31.2 Å². The lowest BCUT2D eigenvalue weighted by Crippen LogP contribution is -2.39. The summed E-state index contributed by atoms with van der Waals surface area (Å²) >= 11 is 0. The van der Waals surface area contributed by atoms with Crippen LogP contribution in [-0.2, 0) is 16.1 Å². The van der Waals surface area contributed by atoms with E-state index in [0.717, 1.165) is 11.1 Å². The molecule has 2 amide bonds. The molecular weight excluding hydrogens is 328 g/mol. The maximum atomic E-state index is 12.6. The standard InChI is InChI=1S/C21H22N2O3/c1-14-3-5-16(6-4-14)13-22-19(25)21(11-12-21)20(26)23-18-9-7-17(8-10-18)15(2)24/h3-10H,11-13H2,1-2H3,(H,22,25)(H,23,26). The van der Waals surface area contributed by atoms with Gasteiger partial charge in [-0.3, -0.25) is 14.4 Å². The predicted octanol–water partition coefficient (Wildman–Crippen LogP) is 3.23. The highest BCUT2D eigenvalue weighted by molar-refractivity contribution is 6.13. The van der Waals surface area contributed by atoms with Crippen LogP contribution in [0.25, 0.3) is 0 Å². The van der Waals surface area contributed by atoms with Crippen LogP contribution in [0.15, 0.2) is 48.5 Å². The molecular formula is C21H22N2O3. The summed E-state index contributed by atoms with van der Waals surface area (Å²) in [6, 6.07) is 14.6. The summed E-state index contributed by atoms with van der Waals surface area (Å²) in [5.41, 5.74) is 2.34. The quantitative estimate of drug-likeness (QED) is 0.620. The third kappa shape index (κ3) is 3.82. The molecule has 2 aromatic carbocycles. The van der Waals surface area contributed by atoms with Crippen molar-refractivity contribution in [1.82, 2.24) is 5.32 Å². The molecule has 5 heteroatoms. The van der Waals surface area contributed by atoms with E-state index in [1.165, 1.54) is 6.92 Å². The zero-order valence-corrected chi connectivity index (χ0v) is 15.0. The largest absolute Gasteiger partial charge is 0.351 e. The molecule has 0 heterocycles. The molecule has 0 spiro atoms. The molecule has 0 unspecified atom stereocenters. The van der Waals surface area contributed by atoms with Gasteiger partial charge in [0.15, 0.2) is 5.78 Å². The van der Waals surface area contributed by atoms with E-state index >= 15 is 0 Å². The van der Waals surface area contributed by atoms with Gasteiger partial charge in [-0.1, -0.05) is 29.8 Å². The number of carbonyl (C=O) groups is 3. The average molecular weight is 350 g/mol. The first-order valence-electron chi connectivity index (χ1n) is 8.67. The first kappa shape index (κ1) is 17.9. The molecule has 0 radical (unpaired) electrons. The van der Waals surface area contributed by atoms with Crippen molar-refractivity contribution in [3.63, 3.8) is 0 Å². The van der Waals surface area contributed by atoms with E-state index < -0.39 is 5.41 Å². The fourth-order valence-corrected chi connectivity index (χ4v) is 2.78. The fourth-order valence-electron chi connectivity index (χ4n) is 2.78. The maximum Gasteiger partial charge on any atom is 0.240 e. The number of carbonyl (C=O) groups excluding carboxylic acids is 3. The Balaban J connectivity index is 1.60. The van der Waals surface area contributed by atoms with E-state index in [-0.39, 0.29) is 17.6 Å². The summed E-state index contributed by atoms with van der Waals surface area (Å²) < 4.78 is 0. The van der Waals surface area contributed by atoms with Gasteiger partial charge in [-0.25, -0.2) is 0 Å². The average Bonchev–Trinajstić information content (AvgIpc) is 3.43. The van der Waals surface area contributed by atoms with Crippen LogP contribution in [0.2, 0.25) is 0 Å². The molecule has 1 saturated carbocycles. The van der Waals surface area contributed by atoms with Crippen LogP contribution in [0.4, 0.5) is 5.69 Å². The Kier molecular flexibility index (Phi) is 4.89. The minimum absolute atomic E-state index is 0.0305.